The van der Waals surface area contributed by atoms with E-state index in [-0.39, 0.29) is 17.3 Å². The predicted octanol–water partition coefficient (Wildman–Crippen LogP) is 3.75. The maximum atomic E-state index is 11.8. The van der Waals surface area contributed by atoms with Gasteiger partial charge in [-0.25, -0.2) is 19.7 Å². The van der Waals surface area contributed by atoms with E-state index in [1.165, 1.54) is 18.5 Å². The van der Waals surface area contributed by atoms with Gasteiger partial charge in [-0.3, -0.25) is 10.1 Å². The van der Waals surface area contributed by atoms with Gasteiger partial charge >= 0.3 is 11.8 Å². The zero-order valence-electron chi connectivity index (χ0n) is 19.1. The summed E-state index contributed by atoms with van der Waals surface area (Å²) in [6.45, 7) is 8.29. The first kappa shape index (κ1) is 25.3. The van der Waals surface area contributed by atoms with Gasteiger partial charge in [-0.2, -0.15) is 5.26 Å². The Morgan fingerprint density at radius 1 is 1.24 bits per heavy atom. The van der Waals surface area contributed by atoms with Crippen molar-refractivity contribution in [2.75, 3.05) is 23.7 Å². The predicted molar refractivity (Wildman–Crippen MR) is 122 cm³/mol. The van der Waals surface area contributed by atoms with Crippen molar-refractivity contribution in [2.24, 2.45) is 5.92 Å². The third-order valence-electron chi connectivity index (χ3n) is 4.48. The molecule has 2 aromatic rings. The molecule has 1 unspecified atom stereocenters. The molecule has 0 bridgehead atoms. The number of amides is 1. The first-order chi connectivity index (χ1) is 15.6. The maximum Gasteiger partial charge on any atom is 0.407 e. The summed E-state index contributed by atoms with van der Waals surface area (Å²) in [6.07, 6.45) is 4.86. The van der Waals surface area contributed by atoms with Gasteiger partial charge in [0.2, 0.25) is 0 Å². The van der Waals surface area contributed by atoms with Gasteiger partial charge in [0.1, 0.15) is 35.2 Å². The molecule has 0 aliphatic heterocycles. The second-order valence-corrected chi connectivity index (χ2v) is 8.24. The first-order valence-electron chi connectivity index (χ1n) is 10.5. The van der Waals surface area contributed by atoms with Crippen LogP contribution < -0.4 is 16.0 Å². The summed E-state index contributed by atoms with van der Waals surface area (Å²) in [5, 5.41) is 29.0. The summed E-state index contributed by atoms with van der Waals surface area (Å²) in [4.78, 5) is 34.7. The van der Waals surface area contributed by atoms with Gasteiger partial charge < -0.3 is 20.7 Å². The van der Waals surface area contributed by atoms with Crippen molar-refractivity contribution in [2.45, 2.75) is 46.1 Å². The number of anilines is 3. The smallest absolute Gasteiger partial charge is 0.407 e. The summed E-state index contributed by atoms with van der Waals surface area (Å²) < 4.78 is 5.22. The number of hydrogen-bond acceptors (Lipinski definition) is 10. The first-order valence-corrected chi connectivity index (χ1v) is 10.5. The molecule has 0 radical (unpaired) electrons. The molecule has 0 spiro atoms. The molecule has 2 heterocycles. The molecule has 0 aromatic carbocycles. The number of rotatable bonds is 10. The number of carbonyl (C=O) groups excluding carboxylic acids is 1. The zero-order valence-corrected chi connectivity index (χ0v) is 19.1. The number of ether oxygens (including phenoxy) is 1. The van der Waals surface area contributed by atoms with Gasteiger partial charge in [0.15, 0.2) is 5.69 Å². The summed E-state index contributed by atoms with van der Waals surface area (Å²) in [7, 11) is 0. The molecular weight excluding hydrogens is 428 g/mol. The molecule has 0 saturated carbocycles. The van der Waals surface area contributed by atoms with Crippen LogP contribution in [0.5, 0.6) is 0 Å². The molecule has 0 saturated heterocycles. The van der Waals surface area contributed by atoms with Crippen molar-refractivity contribution in [1.29, 1.82) is 5.26 Å². The minimum atomic E-state index is -0.564. The number of alkyl carbamates (subject to hydrolysis) is 1. The van der Waals surface area contributed by atoms with Crippen molar-refractivity contribution in [3.63, 3.8) is 0 Å². The summed E-state index contributed by atoms with van der Waals surface area (Å²) >= 11 is 0. The Hall–Kier alpha value is -4.01. The van der Waals surface area contributed by atoms with Gasteiger partial charge in [0, 0.05) is 19.2 Å². The van der Waals surface area contributed by atoms with Crippen LogP contribution >= 0.6 is 0 Å². The van der Waals surface area contributed by atoms with Crippen molar-refractivity contribution >= 4 is 29.1 Å². The van der Waals surface area contributed by atoms with E-state index < -0.39 is 16.6 Å². The van der Waals surface area contributed by atoms with Crippen LogP contribution in [0.4, 0.5) is 27.8 Å². The van der Waals surface area contributed by atoms with Crippen LogP contribution in [0, 0.1) is 27.4 Å². The second kappa shape index (κ2) is 11.6. The van der Waals surface area contributed by atoms with E-state index in [0.29, 0.717) is 36.8 Å². The molecule has 0 fully saturated rings. The average molecular weight is 457 g/mol. The lowest BCUT2D eigenvalue weighted by Gasteiger charge is -2.21. The van der Waals surface area contributed by atoms with E-state index in [0.717, 1.165) is 12.6 Å². The normalized spacial score (nSPS) is 11.7. The zero-order chi connectivity index (χ0) is 24.4. The van der Waals surface area contributed by atoms with Gasteiger partial charge in [-0.1, -0.05) is 13.3 Å². The van der Waals surface area contributed by atoms with E-state index in [1.807, 2.05) is 13.0 Å². The fraction of sp³-hybridized carbons (Fsp3) is 0.476. The van der Waals surface area contributed by atoms with Crippen LogP contribution in [-0.2, 0) is 4.74 Å². The van der Waals surface area contributed by atoms with Crippen LogP contribution in [0.3, 0.4) is 0 Å². The average Bonchev–Trinajstić information content (AvgIpc) is 2.75. The van der Waals surface area contributed by atoms with Gasteiger partial charge in [-0.15, -0.1) is 0 Å². The van der Waals surface area contributed by atoms with Crippen LogP contribution in [0.1, 0.15) is 46.2 Å². The number of nitrogens with zero attached hydrogens (tertiary/aromatic N) is 5. The van der Waals surface area contributed by atoms with Crippen LogP contribution in [0.25, 0.3) is 0 Å². The summed E-state index contributed by atoms with van der Waals surface area (Å²) in [5.74, 6) is 0.844. The van der Waals surface area contributed by atoms with Gasteiger partial charge in [0.25, 0.3) is 0 Å². The highest BCUT2D eigenvalue weighted by Gasteiger charge is 2.18. The lowest BCUT2D eigenvalue weighted by Crippen LogP contribution is -2.34. The fourth-order valence-corrected chi connectivity index (χ4v) is 2.78. The van der Waals surface area contributed by atoms with Crippen molar-refractivity contribution < 1.29 is 14.5 Å². The van der Waals surface area contributed by atoms with Crippen LogP contribution in [0.15, 0.2) is 24.7 Å². The van der Waals surface area contributed by atoms with E-state index >= 15 is 0 Å². The van der Waals surface area contributed by atoms with Crippen molar-refractivity contribution in [3.05, 3.63) is 40.5 Å². The Labute approximate surface area is 191 Å². The van der Waals surface area contributed by atoms with Gasteiger partial charge in [-0.05, 0) is 33.1 Å². The number of pyridine rings is 1. The standard InChI is InChI=1S/C21H28N8O4/c1-5-14(6-7-23-20(30)33-21(2,3)4)10-25-16-8-18(27-12-17(16)29(31)32)28-19-13-24-15(9-22)11-26-19/h8,11-14H,5-7,10H2,1-4H3,(H,23,30)(H2,25,26,27,28). The maximum absolute atomic E-state index is 11.8. The minimum Gasteiger partial charge on any atom is -0.444 e. The molecule has 33 heavy (non-hydrogen) atoms. The Bertz CT molecular complexity index is 999. The quantitative estimate of drug-likeness (QED) is 0.353. The third-order valence-corrected chi connectivity index (χ3v) is 4.48. The van der Waals surface area contributed by atoms with Crippen LogP contribution in [-0.4, -0.2) is 44.7 Å². The lowest BCUT2D eigenvalue weighted by molar-refractivity contribution is -0.384. The Morgan fingerprint density at radius 3 is 2.55 bits per heavy atom. The molecule has 0 aliphatic rings. The molecule has 12 nitrogen and oxygen atoms in total. The van der Waals surface area contributed by atoms with E-state index in [1.54, 1.807) is 20.8 Å². The monoisotopic (exact) mass is 456 g/mol. The number of hydrogen-bond donors (Lipinski definition) is 3. The summed E-state index contributed by atoms with van der Waals surface area (Å²) in [5.41, 5.74) is -0.247. The topological polar surface area (TPSA) is 168 Å². The van der Waals surface area contributed by atoms with E-state index in [9.17, 15) is 14.9 Å². The molecule has 2 rings (SSSR count). The molecule has 12 heteroatoms. The fourth-order valence-electron chi connectivity index (χ4n) is 2.78. The molecule has 1 amide bonds. The molecule has 3 N–H and O–H groups in total. The molecule has 2 aromatic heterocycles. The molecule has 0 aliphatic carbocycles. The Morgan fingerprint density at radius 2 is 1.97 bits per heavy atom. The Kier molecular flexibility index (Phi) is 8.85. The van der Waals surface area contributed by atoms with E-state index in [2.05, 4.69) is 30.9 Å². The lowest BCUT2D eigenvalue weighted by atomic mass is 10.0. The van der Waals surface area contributed by atoms with Crippen molar-refractivity contribution in [1.82, 2.24) is 20.3 Å². The van der Waals surface area contributed by atoms with Gasteiger partial charge in [0.05, 0.1) is 17.3 Å². The second-order valence-electron chi connectivity index (χ2n) is 8.24. The largest absolute Gasteiger partial charge is 0.444 e. The van der Waals surface area contributed by atoms with E-state index in [4.69, 9.17) is 10.00 Å². The number of carbonyl (C=O) groups is 1. The Balaban J connectivity index is 2.00. The summed E-state index contributed by atoms with van der Waals surface area (Å²) in [6, 6.07) is 3.40. The number of nitrogens with one attached hydrogen (secondary N) is 3. The SMILES string of the molecule is CCC(CCNC(=O)OC(C)(C)C)CNc1cc(Nc2cnc(C#N)cn2)ncc1[N+](=O)[O-]. The van der Waals surface area contributed by atoms with Crippen molar-refractivity contribution in [3.8, 4) is 6.07 Å². The molecular formula is C21H28N8O4. The minimum absolute atomic E-state index is 0.159. The number of aromatic nitrogens is 3. The third kappa shape index (κ3) is 8.56. The number of nitriles is 1. The van der Waals surface area contributed by atoms with Crippen LogP contribution in [0.2, 0.25) is 0 Å². The molecule has 176 valence electrons. The number of nitro groups is 1. The molecule has 1 atom stereocenters. The highest BCUT2D eigenvalue weighted by molar-refractivity contribution is 5.68. The highest BCUT2D eigenvalue weighted by atomic mass is 16.6. The highest BCUT2D eigenvalue weighted by Crippen LogP contribution is 2.27.